The molecule has 0 fully saturated rings. The summed E-state index contributed by atoms with van der Waals surface area (Å²) in [7, 11) is 2.13. The number of nitrogens with zero attached hydrogens (tertiary/aromatic N) is 3. The van der Waals surface area contributed by atoms with Crippen molar-refractivity contribution >= 4 is 51.9 Å². The largest absolute Gasteiger partial charge is 0.308 e. The van der Waals surface area contributed by atoms with Gasteiger partial charge in [0, 0.05) is 28.5 Å². The molecule has 0 N–H and O–H groups in total. The summed E-state index contributed by atoms with van der Waals surface area (Å²) < 4.78 is 13.7. The van der Waals surface area contributed by atoms with Crippen LogP contribution in [0.25, 0.3) is 11.8 Å². The molecule has 3 aromatic carbocycles. The van der Waals surface area contributed by atoms with E-state index >= 15 is 0 Å². The van der Waals surface area contributed by atoms with Gasteiger partial charge in [-0.3, -0.25) is 4.90 Å². The van der Waals surface area contributed by atoms with Gasteiger partial charge >= 0.3 is 0 Å². The molecule has 0 saturated carbocycles. The highest BCUT2D eigenvalue weighted by atomic mass is 35.5. The monoisotopic (exact) mass is 533 g/mol. The van der Waals surface area contributed by atoms with Crippen LogP contribution in [0.2, 0.25) is 10.0 Å². The summed E-state index contributed by atoms with van der Waals surface area (Å²) in [4.78, 5) is 9.78. The van der Waals surface area contributed by atoms with Crippen molar-refractivity contribution in [2.75, 3.05) is 20.1 Å². The number of thioether (sulfide) groups is 1. The van der Waals surface area contributed by atoms with Gasteiger partial charge in [-0.1, -0.05) is 59.2 Å². The van der Waals surface area contributed by atoms with Gasteiger partial charge in [0.15, 0.2) is 5.17 Å². The third-order valence-electron chi connectivity index (χ3n) is 6.56. The van der Waals surface area contributed by atoms with Crippen LogP contribution in [0.4, 0.5) is 4.39 Å². The van der Waals surface area contributed by atoms with Gasteiger partial charge in [0.1, 0.15) is 5.82 Å². The Morgan fingerprint density at radius 1 is 0.917 bits per heavy atom. The Morgan fingerprint density at radius 2 is 1.58 bits per heavy atom. The van der Waals surface area contributed by atoms with Gasteiger partial charge in [0.2, 0.25) is 0 Å². The Morgan fingerprint density at radius 3 is 2.28 bits per heavy atom. The summed E-state index contributed by atoms with van der Waals surface area (Å²) in [6.45, 7) is 1.59. The first-order valence-corrected chi connectivity index (χ1v) is 13.2. The molecule has 0 saturated heterocycles. The molecule has 0 unspecified atom stereocenters. The molecule has 0 spiro atoms. The number of amidine groups is 1. The van der Waals surface area contributed by atoms with E-state index in [0.29, 0.717) is 5.02 Å². The number of halogens is 3. The Balaban J connectivity index is 1.50. The van der Waals surface area contributed by atoms with E-state index in [1.807, 2.05) is 48.5 Å². The maximum absolute atomic E-state index is 13.7. The maximum Gasteiger partial charge on any atom is 0.174 e. The van der Waals surface area contributed by atoms with Crippen LogP contribution in [-0.2, 0) is 0 Å². The van der Waals surface area contributed by atoms with Crippen molar-refractivity contribution in [1.29, 1.82) is 0 Å². The lowest BCUT2D eigenvalue weighted by molar-refractivity contribution is 0.344. The highest BCUT2D eigenvalue weighted by Gasteiger charge is 2.41. The van der Waals surface area contributed by atoms with Crippen LogP contribution >= 0.6 is 35.0 Å². The Kier molecular flexibility index (Phi) is 6.26. The Bertz CT molecular complexity index is 1440. The summed E-state index contributed by atoms with van der Waals surface area (Å²) >= 11 is 14.0. The molecular formula is C29H22Cl2FN3S. The number of hydrogen-bond donors (Lipinski definition) is 0. The zero-order valence-corrected chi connectivity index (χ0v) is 21.8. The minimum absolute atomic E-state index is 0.0626. The normalized spacial score (nSPS) is 20.8. The average molecular weight is 534 g/mol. The highest BCUT2D eigenvalue weighted by molar-refractivity contribution is 8.16. The van der Waals surface area contributed by atoms with E-state index in [1.54, 1.807) is 11.8 Å². The van der Waals surface area contributed by atoms with E-state index in [-0.39, 0.29) is 11.9 Å². The number of likely N-dealkylation sites (N-methyl/N-ethyl adjacent to an activating group) is 1. The molecule has 0 aromatic heterocycles. The van der Waals surface area contributed by atoms with Crippen molar-refractivity contribution in [2.45, 2.75) is 6.04 Å². The minimum Gasteiger partial charge on any atom is -0.308 e. The van der Waals surface area contributed by atoms with Crippen molar-refractivity contribution < 1.29 is 4.39 Å². The molecule has 0 bridgehead atoms. The zero-order chi connectivity index (χ0) is 24.8. The van der Waals surface area contributed by atoms with Gasteiger partial charge in [-0.05, 0) is 89.5 Å². The van der Waals surface area contributed by atoms with E-state index in [1.165, 1.54) is 23.3 Å². The lowest BCUT2D eigenvalue weighted by atomic mass is 9.88. The SMILES string of the molecule is CN1CC2=C(N=C3SC=C(c4ccc(F)cc4)N3[C@H]2c2ccc(Cl)cc2)/C(=C/c2ccc(Cl)cc2)C1. The second kappa shape index (κ2) is 9.56. The van der Waals surface area contributed by atoms with Crippen molar-refractivity contribution in [3.05, 3.63) is 128 Å². The van der Waals surface area contributed by atoms with Crippen LogP contribution in [0, 0.1) is 5.82 Å². The second-order valence-corrected chi connectivity index (χ2v) is 10.8. The van der Waals surface area contributed by atoms with Crippen molar-refractivity contribution in [1.82, 2.24) is 9.80 Å². The number of fused-ring (bicyclic) bond motifs is 1. The van der Waals surface area contributed by atoms with Crippen LogP contribution in [0.15, 0.2) is 100 Å². The maximum atomic E-state index is 13.7. The van der Waals surface area contributed by atoms with Gasteiger partial charge < -0.3 is 4.90 Å². The topological polar surface area (TPSA) is 18.8 Å². The van der Waals surface area contributed by atoms with E-state index < -0.39 is 0 Å². The number of rotatable bonds is 3. The predicted molar refractivity (Wildman–Crippen MR) is 149 cm³/mol. The van der Waals surface area contributed by atoms with Crippen molar-refractivity contribution in [2.24, 2.45) is 4.99 Å². The third kappa shape index (κ3) is 4.41. The molecule has 3 heterocycles. The summed E-state index contributed by atoms with van der Waals surface area (Å²) in [6.07, 6.45) is 2.20. The first-order valence-electron chi connectivity index (χ1n) is 11.6. The van der Waals surface area contributed by atoms with Gasteiger partial charge in [-0.25, -0.2) is 9.38 Å². The van der Waals surface area contributed by atoms with E-state index in [9.17, 15) is 4.39 Å². The minimum atomic E-state index is -0.248. The summed E-state index contributed by atoms with van der Waals surface area (Å²) in [6, 6.07) is 22.5. The predicted octanol–water partition coefficient (Wildman–Crippen LogP) is 7.87. The molecule has 180 valence electrons. The highest BCUT2D eigenvalue weighted by Crippen LogP contribution is 2.49. The van der Waals surface area contributed by atoms with Gasteiger partial charge in [0.25, 0.3) is 0 Å². The molecule has 3 aliphatic heterocycles. The fourth-order valence-corrected chi connectivity index (χ4v) is 6.14. The van der Waals surface area contributed by atoms with Gasteiger partial charge in [0.05, 0.1) is 17.4 Å². The van der Waals surface area contributed by atoms with E-state index in [0.717, 1.165) is 51.4 Å². The van der Waals surface area contributed by atoms with Crippen LogP contribution < -0.4 is 0 Å². The lowest BCUT2D eigenvalue weighted by Gasteiger charge is -2.42. The molecular weight excluding hydrogens is 512 g/mol. The number of benzene rings is 3. The molecule has 0 radical (unpaired) electrons. The van der Waals surface area contributed by atoms with Crippen molar-refractivity contribution in [3.8, 4) is 0 Å². The van der Waals surface area contributed by atoms with Crippen LogP contribution in [0.3, 0.4) is 0 Å². The van der Waals surface area contributed by atoms with Crippen LogP contribution in [-0.4, -0.2) is 35.1 Å². The summed E-state index contributed by atoms with van der Waals surface area (Å²) in [5, 5.41) is 4.45. The summed E-state index contributed by atoms with van der Waals surface area (Å²) in [5.41, 5.74) is 7.63. The number of aliphatic imine (C=N–C) groups is 1. The third-order valence-corrected chi connectivity index (χ3v) is 7.91. The molecule has 7 heteroatoms. The average Bonchev–Trinajstić information content (AvgIpc) is 3.29. The first-order chi connectivity index (χ1) is 17.5. The fraction of sp³-hybridized carbons (Fsp3) is 0.138. The van der Waals surface area contributed by atoms with Crippen LogP contribution in [0.1, 0.15) is 22.7 Å². The summed E-state index contributed by atoms with van der Waals surface area (Å²) in [5.74, 6) is -0.248. The quantitative estimate of drug-likeness (QED) is 0.341. The molecule has 0 aliphatic carbocycles. The Labute approximate surface area is 224 Å². The Hall–Kier alpha value is -2.83. The number of hydrogen-bond acceptors (Lipinski definition) is 4. The molecule has 1 atom stereocenters. The van der Waals surface area contributed by atoms with Gasteiger partial charge in [-0.15, -0.1) is 0 Å². The lowest BCUT2D eigenvalue weighted by Crippen LogP contribution is -2.40. The molecule has 3 nitrogen and oxygen atoms in total. The van der Waals surface area contributed by atoms with Crippen LogP contribution in [0.5, 0.6) is 0 Å². The van der Waals surface area contributed by atoms with Crippen molar-refractivity contribution in [3.63, 3.8) is 0 Å². The van der Waals surface area contributed by atoms with E-state index in [2.05, 4.69) is 40.5 Å². The molecule has 6 rings (SSSR count). The van der Waals surface area contributed by atoms with Gasteiger partial charge in [-0.2, -0.15) is 0 Å². The first kappa shape index (κ1) is 23.6. The smallest absolute Gasteiger partial charge is 0.174 e. The molecule has 36 heavy (non-hydrogen) atoms. The molecule has 3 aromatic rings. The fourth-order valence-electron chi connectivity index (χ4n) is 4.96. The molecule has 3 aliphatic rings. The van der Waals surface area contributed by atoms with E-state index in [4.69, 9.17) is 28.2 Å². The zero-order valence-electron chi connectivity index (χ0n) is 19.5. The second-order valence-electron chi connectivity index (χ2n) is 9.11. The molecule has 0 amide bonds. The standard InChI is InChI=1S/C29H22Cl2FN3S/c1-34-15-21(14-18-2-8-22(30)9-3-18)27-25(16-34)28(20-4-10-23(31)11-5-20)35-26(17-36-29(35)33-27)19-6-12-24(32)13-7-19/h2-14,17,28H,15-16H2,1H3/b21-14+/t28-/m0/s1.